The third-order valence-electron chi connectivity index (χ3n) is 3.71. The molecule has 0 N–H and O–H groups in total. The van der Waals surface area contributed by atoms with Gasteiger partial charge in [0.1, 0.15) is 0 Å². The van der Waals surface area contributed by atoms with E-state index in [0.717, 1.165) is 32.6 Å². The van der Waals surface area contributed by atoms with Crippen molar-refractivity contribution in [3.63, 3.8) is 0 Å². The van der Waals surface area contributed by atoms with Crippen LogP contribution in [0.2, 0.25) is 0 Å². The molecule has 0 spiro atoms. The van der Waals surface area contributed by atoms with Gasteiger partial charge >= 0.3 is 0 Å². The molecule has 2 aliphatic heterocycles. The first kappa shape index (κ1) is 10.9. The van der Waals surface area contributed by atoms with Gasteiger partial charge in [-0.2, -0.15) is 0 Å². The van der Waals surface area contributed by atoms with Gasteiger partial charge in [-0.05, 0) is 19.9 Å². The topological polar surface area (TPSA) is 32.8 Å². The first-order valence-electron chi connectivity index (χ1n) is 5.80. The Morgan fingerprint density at radius 1 is 1.33 bits per heavy atom. The van der Waals surface area contributed by atoms with E-state index >= 15 is 0 Å². The minimum absolute atomic E-state index is 0.230. The van der Waals surface area contributed by atoms with Crippen LogP contribution in [0.25, 0.3) is 0 Å². The van der Waals surface area contributed by atoms with E-state index in [1.807, 2.05) is 4.90 Å². The average molecular weight is 212 g/mol. The largest absolute Gasteiger partial charge is 0.378 e. The van der Waals surface area contributed by atoms with Gasteiger partial charge in [0.15, 0.2) is 0 Å². The number of hydrogen-bond acceptors (Lipinski definition) is 3. The van der Waals surface area contributed by atoms with Crippen molar-refractivity contribution in [3.8, 4) is 0 Å². The molecule has 0 aromatic carbocycles. The van der Waals surface area contributed by atoms with E-state index in [1.165, 1.54) is 0 Å². The number of rotatable bonds is 2. The molecule has 0 bridgehead atoms. The highest BCUT2D eigenvalue weighted by Crippen LogP contribution is 2.31. The Bertz CT molecular complexity index is 249. The summed E-state index contributed by atoms with van der Waals surface area (Å²) < 4.78 is 5.26. The van der Waals surface area contributed by atoms with Crippen LogP contribution in [0.1, 0.15) is 20.3 Å². The molecule has 2 rings (SSSR count). The number of ether oxygens (including phenoxy) is 1. The number of hydrogen-bond donors (Lipinski definition) is 0. The first-order chi connectivity index (χ1) is 7.18. The molecule has 2 fully saturated rings. The van der Waals surface area contributed by atoms with Gasteiger partial charge in [0, 0.05) is 19.6 Å². The van der Waals surface area contributed by atoms with E-state index in [2.05, 4.69) is 18.7 Å². The maximum Gasteiger partial charge on any atom is 0.243 e. The third-order valence-corrected chi connectivity index (χ3v) is 3.71. The minimum Gasteiger partial charge on any atom is -0.378 e. The molecule has 0 radical (unpaired) electrons. The van der Waals surface area contributed by atoms with Crippen LogP contribution in [0, 0.1) is 0 Å². The zero-order valence-electron chi connectivity index (χ0n) is 9.66. The minimum atomic E-state index is -0.230. The zero-order valence-corrected chi connectivity index (χ0v) is 9.66. The summed E-state index contributed by atoms with van der Waals surface area (Å²) in [5, 5.41) is 0. The number of morpholine rings is 1. The fourth-order valence-corrected chi connectivity index (χ4v) is 2.46. The van der Waals surface area contributed by atoms with Gasteiger partial charge in [0.25, 0.3) is 0 Å². The van der Waals surface area contributed by atoms with E-state index in [0.29, 0.717) is 19.1 Å². The number of carbonyl (C=O) groups excluding carboxylic acids is 1. The predicted molar refractivity (Wildman–Crippen MR) is 57.7 cm³/mol. The molecule has 2 heterocycles. The molecular formula is C11H20N2O2. The fourth-order valence-electron chi connectivity index (χ4n) is 2.46. The van der Waals surface area contributed by atoms with Crippen LogP contribution in [0.5, 0.6) is 0 Å². The summed E-state index contributed by atoms with van der Waals surface area (Å²) >= 11 is 0. The predicted octanol–water partition coefficient (Wildman–Crippen LogP) is 0.329. The molecule has 86 valence electrons. The van der Waals surface area contributed by atoms with E-state index in [4.69, 9.17) is 4.74 Å². The molecule has 4 nitrogen and oxygen atoms in total. The molecule has 0 aliphatic carbocycles. The van der Waals surface area contributed by atoms with Gasteiger partial charge in [0.2, 0.25) is 5.91 Å². The van der Waals surface area contributed by atoms with Crippen molar-refractivity contribution in [1.29, 1.82) is 0 Å². The highest BCUT2D eigenvalue weighted by Gasteiger charge is 2.47. The second kappa shape index (κ2) is 4.10. The van der Waals surface area contributed by atoms with E-state index in [-0.39, 0.29) is 5.54 Å². The lowest BCUT2D eigenvalue weighted by Crippen LogP contribution is -2.66. The van der Waals surface area contributed by atoms with Crippen molar-refractivity contribution in [2.24, 2.45) is 0 Å². The second-order valence-corrected chi connectivity index (χ2v) is 4.51. The lowest BCUT2D eigenvalue weighted by atomic mass is 9.85. The van der Waals surface area contributed by atoms with Crippen molar-refractivity contribution in [3.05, 3.63) is 0 Å². The number of nitrogens with zero attached hydrogens (tertiary/aromatic N) is 2. The Morgan fingerprint density at radius 2 is 2.00 bits per heavy atom. The van der Waals surface area contributed by atoms with Crippen LogP contribution in [0.15, 0.2) is 0 Å². The SMILES string of the molecule is CCN1CCC1(C)C(=O)N1CCOCC1. The first-order valence-corrected chi connectivity index (χ1v) is 5.80. The summed E-state index contributed by atoms with van der Waals surface area (Å²) in [5.74, 6) is 0.291. The number of carbonyl (C=O) groups is 1. The average Bonchev–Trinajstić information content (AvgIpc) is 2.27. The molecule has 2 saturated heterocycles. The summed E-state index contributed by atoms with van der Waals surface area (Å²) in [6.07, 6.45) is 0.997. The Morgan fingerprint density at radius 3 is 2.47 bits per heavy atom. The van der Waals surface area contributed by atoms with Crippen molar-refractivity contribution >= 4 is 5.91 Å². The van der Waals surface area contributed by atoms with Crippen molar-refractivity contribution in [1.82, 2.24) is 9.80 Å². The molecule has 0 aromatic rings. The van der Waals surface area contributed by atoms with Gasteiger partial charge in [0.05, 0.1) is 18.8 Å². The van der Waals surface area contributed by atoms with Crippen molar-refractivity contribution in [2.75, 3.05) is 39.4 Å². The van der Waals surface area contributed by atoms with Crippen LogP contribution in [-0.2, 0) is 9.53 Å². The van der Waals surface area contributed by atoms with Gasteiger partial charge in [-0.15, -0.1) is 0 Å². The molecule has 4 heteroatoms. The van der Waals surface area contributed by atoms with Gasteiger partial charge in [-0.25, -0.2) is 0 Å². The molecule has 1 atom stereocenters. The van der Waals surface area contributed by atoms with Crippen LogP contribution in [-0.4, -0.2) is 60.6 Å². The summed E-state index contributed by atoms with van der Waals surface area (Å²) in [7, 11) is 0. The number of likely N-dealkylation sites (N-methyl/N-ethyl adjacent to an activating group) is 1. The van der Waals surface area contributed by atoms with Gasteiger partial charge in [-0.3, -0.25) is 9.69 Å². The lowest BCUT2D eigenvalue weighted by Gasteiger charge is -2.51. The molecule has 0 saturated carbocycles. The van der Waals surface area contributed by atoms with Gasteiger partial charge < -0.3 is 9.64 Å². The summed E-state index contributed by atoms with van der Waals surface area (Å²) in [4.78, 5) is 16.5. The van der Waals surface area contributed by atoms with E-state index in [1.54, 1.807) is 0 Å². The second-order valence-electron chi connectivity index (χ2n) is 4.51. The Balaban J connectivity index is 2.00. The zero-order chi connectivity index (χ0) is 10.9. The molecule has 0 aromatic heterocycles. The quantitative estimate of drug-likeness (QED) is 0.661. The van der Waals surface area contributed by atoms with Crippen LogP contribution < -0.4 is 0 Å². The highest BCUT2D eigenvalue weighted by molar-refractivity contribution is 5.87. The monoisotopic (exact) mass is 212 g/mol. The highest BCUT2D eigenvalue weighted by atomic mass is 16.5. The summed E-state index contributed by atoms with van der Waals surface area (Å²) in [6.45, 7) is 9.09. The van der Waals surface area contributed by atoms with Gasteiger partial charge in [-0.1, -0.05) is 6.92 Å². The lowest BCUT2D eigenvalue weighted by molar-refractivity contribution is -0.156. The maximum atomic E-state index is 12.3. The number of likely N-dealkylation sites (tertiary alicyclic amines) is 1. The third kappa shape index (κ3) is 1.76. The van der Waals surface area contributed by atoms with Crippen LogP contribution >= 0.6 is 0 Å². The van der Waals surface area contributed by atoms with Crippen molar-refractivity contribution in [2.45, 2.75) is 25.8 Å². The van der Waals surface area contributed by atoms with Crippen LogP contribution in [0.3, 0.4) is 0 Å². The molecule has 1 unspecified atom stereocenters. The Labute approximate surface area is 91.2 Å². The standard InChI is InChI=1S/C11H20N2O2/c1-3-13-5-4-11(13,2)10(14)12-6-8-15-9-7-12/h3-9H2,1-2H3. The molecular weight excluding hydrogens is 192 g/mol. The van der Waals surface area contributed by atoms with Crippen molar-refractivity contribution < 1.29 is 9.53 Å². The maximum absolute atomic E-state index is 12.3. The number of amides is 1. The smallest absolute Gasteiger partial charge is 0.243 e. The fraction of sp³-hybridized carbons (Fsp3) is 0.909. The summed E-state index contributed by atoms with van der Waals surface area (Å²) in [5.41, 5.74) is -0.230. The Kier molecular flexibility index (Phi) is 2.98. The molecule has 2 aliphatic rings. The normalized spacial score (nSPS) is 32.5. The molecule has 1 amide bonds. The summed E-state index contributed by atoms with van der Waals surface area (Å²) in [6, 6.07) is 0. The van der Waals surface area contributed by atoms with E-state index < -0.39 is 0 Å². The van der Waals surface area contributed by atoms with E-state index in [9.17, 15) is 4.79 Å². The Hall–Kier alpha value is -0.610. The molecule has 15 heavy (non-hydrogen) atoms. The van der Waals surface area contributed by atoms with Crippen LogP contribution in [0.4, 0.5) is 0 Å².